The first kappa shape index (κ1) is 29.7. The summed E-state index contributed by atoms with van der Waals surface area (Å²) < 4.78 is 0. The lowest BCUT2D eigenvalue weighted by atomic mass is 10.1. The van der Waals surface area contributed by atoms with Crippen molar-refractivity contribution in [2.75, 3.05) is 23.3 Å². The standard InChI is InChI=1S/C29H36ClN5O4/c1-21-24(31-17-11-12-18-34(28(36)37)29(2,3)4)25(35(38)39)27(32-26(21)30)33(19-22-13-7-5-8-14-22)20-23-15-9-6-10-16-23/h5-10,13-16H,11-12,17-20H2,1-4H3,(H,31,32)(H,36,37). The molecule has 10 heteroatoms. The van der Waals surface area contributed by atoms with E-state index in [2.05, 4.69) is 10.3 Å². The zero-order valence-corrected chi connectivity index (χ0v) is 23.6. The highest BCUT2D eigenvalue weighted by Crippen LogP contribution is 2.40. The molecule has 0 spiro atoms. The summed E-state index contributed by atoms with van der Waals surface area (Å²) in [5.74, 6) is 0.190. The van der Waals surface area contributed by atoms with E-state index in [1.54, 1.807) is 6.92 Å². The molecule has 3 rings (SSSR count). The average Bonchev–Trinajstić information content (AvgIpc) is 2.87. The average molecular weight is 554 g/mol. The molecule has 2 N–H and O–H groups in total. The Bertz CT molecular complexity index is 1220. The van der Waals surface area contributed by atoms with Crippen molar-refractivity contribution in [1.82, 2.24) is 9.88 Å². The van der Waals surface area contributed by atoms with E-state index in [4.69, 9.17) is 11.6 Å². The first-order valence-electron chi connectivity index (χ1n) is 12.9. The summed E-state index contributed by atoms with van der Waals surface area (Å²) in [6.07, 6.45) is 0.247. The molecular weight excluding hydrogens is 518 g/mol. The molecule has 0 aliphatic rings. The van der Waals surface area contributed by atoms with Crippen molar-refractivity contribution in [1.29, 1.82) is 0 Å². The minimum Gasteiger partial charge on any atom is -0.465 e. The quantitative estimate of drug-likeness (QED) is 0.106. The van der Waals surface area contributed by atoms with Crippen LogP contribution in [0.3, 0.4) is 0 Å². The summed E-state index contributed by atoms with van der Waals surface area (Å²) in [4.78, 5) is 31.4. The van der Waals surface area contributed by atoms with Gasteiger partial charge in [0.1, 0.15) is 10.8 Å². The van der Waals surface area contributed by atoms with Gasteiger partial charge in [-0.1, -0.05) is 72.3 Å². The zero-order chi connectivity index (χ0) is 28.6. The molecule has 0 saturated carbocycles. The number of carboxylic acid groups (broad SMARTS) is 1. The minimum atomic E-state index is -0.968. The fourth-order valence-corrected chi connectivity index (χ4v) is 4.55. The molecule has 0 radical (unpaired) electrons. The van der Waals surface area contributed by atoms with Crippen LogP contribution in [0.15, 0.2) is 60.7 Å². The first-order chi connectivity index (χ1) is 18.5. The van der Waals surface area contributed by atoms with Gasteiger partial charge in [-0.15, -0.1) is 0 Å². The highest BCUT2D eigenvalue weighted by atomic mass is 35.5. The van der Waals surface area contributed by atoms with Crippen LogP contribution in [0.5, 0.6) is 0 Å². The maximum absolute atomic E-state index is 12.5. The van der Waals surface area contributed by atoms with E-state index >= 15 is 0 Å². The number of hydrogen-bond donors (Lipinski definition) is 2. The lowest BCUT2D eigenvalue weighted by Crippen LogP contribution is -2.45. The van der Waals surface area contributed by atoms with E-state index in [9.17, 15) is 20.0 Å². The molecule has 0 atom stereocenters. The fraction of sp³-hybridized carbons (Fsp3) is 0.379. The smallest absolute Gasteiger partial charge is 0.407 e. The van der Waals surface area contributed by atoms with Crippen LogP contribution in [0.25, 0.3) is 0 Å². The van der Waals surface area contributed by atoms with E-state index < -0.39 is 16.6 Å². The predicted octanol–water partition coefficient (Wildman–Crippen LogP) is 7.13. The van der Waals surface area contributed by atoms with Crippen LogP contribution >= 0.6 is 11.6 Å². The second-order valence-corrected chi connectivity index (χ2v) is 10.8. The Morgan fingerprint density at radius 3 is 2.03 bits per heavy atom. The second kappa shape index (κ2) is 13.3. The topological polar surface area (TPSA) is 112 Å². The second-order valence-electron chi connectivity index (χ2n) is 10.4. The van der Waals surface area contributed by atoms with Crippen molar-refractivity contribution in [3.8, 4) is 0 Å². The van der Waals surface area contributed by atoms with Gasteiger partial charge in [-0.05, 0) is 51.7 Å². The Labute approximate surface area is 234 Å². The maximum Gasteiger partial charge on any atom is 0.407 e. The molecule has 1 amide bonds. The molecule has 1 aromatic heterocycles. The molecule has 0 fully saturated rings. The predicted molar refractivity (Wildman–Crippen MR) is 156 cm³/mol. The maximum atomic E-state index is 12.5. The van der Waals surface area contributed by atoms with Gasteiger partial charge in [0.15, 0.2) is 0 Å². The summed E-state index contributed by atoms with van der Waals surface area (Å²) in [6, 6.07) is 19.4. The van der Waals surface area contributed by atoms with E-state index in [-0.39, 0.29) is 16.7 Å². The number of unbranched alkanes of at least 4 members (excludes halogenated alkanes) is 1. The van der Waals surface area contributed by atoms with Gasteiger partial charge in [0.2, 0.25) is 5.82 Å². The van der Waals surface area contributed by atoms with Crippen LogP contribution in [0.1, 0.15) is 50.3 Å². The monoisotopic (exact) mass is 553 g/mol. The number of aromatic nitrogens is 1. The number of rotatable bonds is 12. The summed E-state index contributed by atoms with van der Waals surface area (Å²) in [6.45, 7) is 8.84. The zero-order valence-electron chi connectivity index (χ0n) is 22.9. The van der Waals surface area contributed by atoms with Crippen LogP contribution in [0, 0.1) is 17.0 Å². The number of carbonyl (C=O) groups is 1. The molecule has 0 aliphatic heterocycles. The van der Waals surface area contributed by atoms with E-state index in [1.165, 1.54) is 4.90 Å². The summed E-state index contributed by atoms with van der Waals surface area (Å²) in [5, 5.41) is 25.4. The molecule has 0 bridgehead atoms. The van der Waals surface area contributed by atoms with Gasteiger partial charge in [-0.2, -0.15) is 0 Å². The Kier molecular flexibility index (Phi) is 10.1. The Morgan fingerprint density at radius 1 is 1.03 bits per heavy atom. The number of nitrogens with one attached hydrogen (secondary N) is 1. The summed E-state index contributed by atoms with van der Waals surface area (Å²) in [7, 11) is 0. The number of halogens is 1. The molecule has 3 aromatic rings. The third kappa shape index (κ3) is 8.07. The van der Waals surface area contributed by atoms with Crippen molar-refractivity contribution in [2.45, 2.75) is 59.2 Å². The number of benzene rings is 2. The van der Waals surface area contributed by atoms with Crippen molar-refractivity contribution in [3.05, 3.63) is 92.6 Å². The van der Waals surface area contributed by atoms with Gasteiger partial charge in [0, 0.05) is 37.3 Å². The van der Waals surface area contributed by atoms with Gasteiger partial charge in [0.25, 0.3) is 0 Å². The van der Waals surface area contributed by atoms with Crippen LogP contribution in [0.2, 0.25) is 5.15 Å². The summed E-state index contributed by atoms with van der Waals surface area (Å²) >= 11 is 6.54. The molecule has 2 aromatic carbocycles. The molecule has 39 heavy (non-hydrogen) atoms. The summed E-state index contributed by atoms with van der Waals surface area (Å²) in [5.41, 5.74) is 2.14. The number of nitrogens with zero attached hydrogens (tertiary/aromatic N) is 4. The lowest BCUT2D eigenvalue weighted by Gasteiger charge is -2.33. The third-order valence-electron chi connectivity index (χ3n) is 6.40. The number of anilines is 2. The van der Waals surface area contributed by atoms with Crippen molar-refractivity contribution in [2.24, 2.45) is 0 Å². The van der Waals surface area contributed by atoms with Gasteiger partial charge in [-0.25, -0.2) is 9.78 Å². The molecule has 208 valence electrons. The third-order valence-corrected chi connectivity index (χ3v) is 6.77. The van der Waals surface area contributed by atoms with Crippen molar-refractivity contribution < 1.29 is 14.8 Å². The highest BCUT2D eigenvalue weighted by Gasteiger charge is 2.30. The Hall–Kier alpha value is -3.85. The molecule has 1 heterocycles. The van der Waals surface area contributed by atoms with Gasteiger partial charge in [-0.3, -0.25) is 10.1 Å². The van der Waals surface area contributed by atoms with Crippen LogP contribution < -0.4 is 10.2 Å². The largest absolute Gasteiger partial charge is 0.465 e. The van der Waals surface area contributed by atoms with Crippen molar-refractivity contribution >= 4 is 34.9 Å². The fourth-order valence-electron chi connectivity index (χ4n) is 4.37. The van der Waals surface area contributed by atoms with Crippen molar-refractivity contribution in [3.63, 3.8) is 0 Å². The lowest BCUT2D eigenvalue weighted by molar-refractivity contribution is -0.383. The van der Waals surface area contributed by atoms with E-state index in [0.717, 1.165) is 11.1 Å². The van der Waals surface area contributed by atoms with Gasteiger partial charge >= 0.3 is 11.8 Å². The van der Waals surface area contributed by atoms with E-state index in [1.807, 2.05) is 86.3 Å². The van der Waals surface area contributed by atoms with Gasteiger partial charge < -0.3 is 20.2 Å². The SMILES string of the molecule is Cc1c(Cl)nc(N(Cc2ccccc2)Cc2ccccc2)c([N+](=O)[O-])c1NCCCCN(C(=O)O)C(C)(C)C. The number of nitro groups is 1. The van der Waals surface area contributed by atoms with Crippen LogP contribution in [-0.2, 0) is 13.1 Å². The molecule has 0 unspecified atom stereocenters. The molecule has 0 aliphatic carbocycles. The Morgan fingerprint density at radius 2 is 1.56 bits per heavy atom. The molecule has 0 saturated heterocycles. The van der Waals surface area contributed by atoms with E-state index in [0.29, 0.717) is 50.3 Å². The molecular formula is C29H36ClN5O4. The van der Waals surface area contributed by atoms with Gasteiger partial charge in [0.05, 0.1) is 4.92 Å². The number of pyridine rings is 1. The minimum absolute atomic E-state index is 0.134. The normalized spacial score (nSPS) is 11.2. The number of amides is 1. The highest BCUT2D eigenvalue weighted by molar-refractivity contribution is 6.30. The van der Waals surface area contributed by atoms with Crippen LogP contribution in [0.4, 0.5) is 22.0 Å². The molecule has 9 nitrogen and oxygen atoms in total. The van der Waals surface area contributed by atoms with Crippen LogP contribution in [-0.4, -0.2) is 44.6 Å². The Balaban J connectivity index is 1.89. The number of hydrogen-bond acceptors (Lipinski definition) is 6. The first-order valence-corrected chi connectivity index (χ1v) is 13.3.